The topological polar surface area (TPSA) is 79.4 Å². The van der Waals surface area contributed by atoms with Crippen LogP contribution in [0, 0.1) is 13.8 Å². The third-order valence-corrected chi connectivity index (χ3v) is 6.46. The fourth-order valence-corrected chi connectivity index (χ4v) is 4.04. The van der Waals surface area contributed by atoms with Crippen molar-refractivity contribution in [3.63, 3.8) is 0 Å². The van der Waals surface area contributed by atoms with Crippen molar-refractivity contribution < 1.29 is 13.2 Å². The molecule has 3 rings (SSSR count). The van der Waals surface area contributed by atoms with Gasteiger partial charge in [0, 0.05) is 31.2 Å². The summed E-state index contributed by atoms with van der Waals surface area (Å²) >= 11 is 0. The summed E-state index contributed by atoms with van der Waals surface area (Å²) in [6.45, 7) is 3.53. The minimum absolute atomic E-state index is 0.133. The van der Waals surface area contributed by atoms with Gasteiger partial charge in [-0.2, -0.15) is 0 Å². The SMILES string of the molecule is Cc1cc(C(=O)Nc2cccc3cccnc23)cc(S(=O)(=O)N(C)C)c1C. The summed E-state index contributed by atoms with van der Waals surface area (Å²) in [7, 11) is -0.711. The maximum absolute atomic E-state index is 12.8. The third-order valence-electron chi connectivity index (χ3n) is 4.52. The van der Waals surface area contributed by atoms with Gasteiger partial charge in [0.15, 0.2) is 0 Å². The van der Waals surface area contributed by atoms with Gasteiger partial charge in [0.2, 0.25) is 10.0 Å². The quantitative estimate of drug-likeness (QED) is 0.749. The molecule has 1 amide bonds. The van der Waals surface area contributed by atoms with Crippen molar-refractivity contribution in [1.82, 2.24) is 9.29 Å². The average molecular weight is 383 g/mol. The van der Waals surface area contributed by atoms with E-state index < -0.39 is 10.0 Å². The summed E-state index contributed by atoms with van der Waals surface area (Å²) in [6, 6.07) is 12.4. The molecule has 140 valence electrons. The lowest BCUT2D eigenvalue weighted by Crippen LogP contribution is -2.24. The van der Waals surface area contributed by atoms with Crippen molar-refractivity contribution in [2.24, 2.45) is 0 Å². The number of nitrogens with one attached hydrogen (secondary N) is 1. The van der Waals surface area contributed by atoms with E-state index in [9.17, 15) is 13.2 Å². The molecule has 0 atom stereocenters. The molecule has 0 fully saturated rings. The monoisotopic (exact) mass is 383 g/mol. The Kier molecular flexibility index (Phi) is 4.99. The summed E-state index contributed by atoms with van der Waals surface area (Å²) in [4.78, 5) is 17.3. The van der Waals surface area contributed by atoms with E-state index in [0.717, 1.165) is 15.3 Å². The maximum Gasteiger partial charge on any atom is 0.255 e. The second-order valence-corrected chi connectivity index (χ2v) is 8.66. The number of nitrogens with zero attached hydrogens (tertiary/aromatic N) is 2. The number of hydrogen-bond acceptors (Lipinski definition) is 4. The summed E-state index contributed by atoms with van der Waals surface area (Å²) < 4.78 is 26.3. The van der Waals surface area contributed by atoms with Crippen LogP contribution < -0.4 is 5.32 Å². The second-order valence-electron chi connectivity index (χ2n) is 6.54. The number of benzene rings is 2. The molecule has 6 nitrogen and oxygen atoms in total. The highest BCUT2D eigenvalue weighted by Gasteiger charge is 2.23. The highest BCUT2D eigenvalue weighted by atomic mass is 32.2. The first-order chi connectivity index (χ1) is 12.7. The zero-order valence-corrected chi connectivity index (χ0v) is 16.5. The lowest BCUT2D eigenvalue weighted by atomic mass is 10.1. The van der Waals surface area contributed by atoms with Gasteiger partial charge in [0.05, 0.1) is 16.1 Å². The second kappa shape index (κ2) is 7.09. The van der Waals surface area contributed by atoms with Gasteiger partial charge < -0.3 is 5.32 Å². The molecule has 1 N–H and O–H groups in total. The van der Waals surface area contributed by atoms with Crippen LogP contribution in [-0.2, 0) is 10.0 Å². The van der Waals surface area contributed by atoms with Crippen molar-refractivity contribution in [2.75, 3.05) is 19.4 Å². The van der Waals surface area contributed by atoms with Crippen LogP contribution in [0.4, 0.5) is 5.69 Å². The zero-order valence-electron chi connectivity index (χ0n) is 15.6. The zero-order chi connectivity index (χ0) is 19.8. The molecule has 0 spiro atoms. The van der Waals surface area contributed by atoms with Gasteiger partial charge in [-0.1, -0.05) is 18.2 Å². The van der Waals surface area contributed by atoms with E-state index in [2.05, 4.69) is 10.3 Å². The van der Waals surface area contributed by atoms with E-state index in [-0.39, 0.29) is 16.4 Å². The maximum atomic E-state index is 12.8. The molecule has 0 radical (unpaired) electrons. The number of para-hydroxylation sites is 1. The summed E-state index contributed by atoms with van der Waals surface area (Å²) in [5.41, 5.74) is 2.91. The number of carbonyl (C=O) groups excluding carboxylic acids is 1. The number of rotatable bonds is 4. The molecular weight excluding hydrogens is 362 g/mol. The number of amides is 1. The first kappa shape index (κ1) is 19.0. The normalized spacial score (nSPS) is 11.7. The molecule has 0 saturated heterocycles. The number of pyridine rings is 1. The van der Waals surface area contributed by atoms with Crippen LogP contribution >= 0.6 is 0 Å². The van der Waals surface area contributed by atoms with E-state index in [1.165, 1.54) is 20.2 Å². The lowest BCUT2D eigenvalue weighted by Gasteiger charge is -2.16. The van der Waals surface area contributed by atoms with Gasteiger partial charge in [-0.05, 0) is 49.2 Å². The molecule has 0 bridgehead atoms. The van der Waals surface area contributed by atoms with E-state index in [1.807, 2.05) is 24.3 Å². The minimum Gasteiger partial charge on any atom is -0.320 e. The van der Waals surface area contributed by atoms with Gasteiger partial charge in [-0.15, -0.1) is 0 Å². The standard InChI is InChI=1S/C20H21N3O3S/c1-13-11-16(12-18(14(13)2)27(25,26)23(3)4)20(24)22-17-9-5-7-15-8-6-10-21-19(15)17/h5-12H,1-4H3,(H,22,24). The van der Waals surface area contributed by atoms with Crippen LogP contribution in [0.3, 0.4) is 0 Å². The van der Waals surface area contributed by atoms with Gasteiger partial charge in [0.25, 0.3) is 5.91 Å². The molecule has 27 heavy (non-hydrogen) atoms. The summed E-state index contributed by atoms with van der Waals surface area (Å²) in [5.74, 6) is -0.383. The molecule has 0 aliphatic rings. The van der Waals surface area contributed by atoms with E-state index >= 15 is 0 Å². The Balaban J connectivity index is 2.04. The summed E-state index contributed by atoms with van der Waals surface area (Å²) in [6.07, 6.45) is 1.66. The Bertz CT molecular complexity index is 1130. The fourth-order valence-electron chi connectivity index (χ4n) is 2.82. The Morgan fingerprint density at radius 3 is 2.48 bits per heavy atom. The lowest BCUT2D eigenvalue weighted by molar-refractivity contribution is 0.102. The van der Waals surface area contributed by atoms with Gasteiger partial charge >= 0.3 is 0 Å². The van der Waals surface area contributed by atoms with E-state index in [4.69, 9.17) is 0 Å². The summed E-state index contributed by atoms with van der Waals surface area (Å²) in [5, 5.41) is 3.75. The van der Waals surface area contributed by atoms with Crippen molar-refractivity contribution in [2.45, 2.75) is 18.7 Å². The molecule has 0 aliphatic carbocycles. The number of aromatic nitrogens is 1. The van der Waals surface area contributed by atoms with E-state index in [0.29, 0.717) is 16.8 Å². The predicted molar refractivity (Wildman–Crippen MR) is 106 cm³/mol. The largest absolute Gasteiger partial charge is 0.320 e. The van der Waals surface area contributed by atoms with Crippen molar-refractivity contribution in [1.29, 1.82) is 0 Å². The number of fused-ring (bicyclic) bond motifs is 1. The van der Waals surface area contributed by atoms with E-state index in [1.54, 1.807) is 32.2 Å². The van der Waals surface area contributed by atoms with Crippen LogP contribution in [0.25, 0.3) is 10.9 Å². The number of hydrogen-bond donors (Lipinski definition) is 1. The molecular formula is C20H21N3O3S. The highest BCUT2D eigenvalue weighted by Crippen LogP contribution is 2.25. The number of carbonyl (C=O) groups is 1. The van der Waals surface area contributed by atoms with Gasteiger partial charge in [-0.25, -0.2) is 12.7 Å². The van der Waals surface area contributed by atoms with Gasteiger partial charge in [-0.3, -0.25) is 9.78 Å². The van der Waals surface area contributed by atoms with Crippen molar-refractivity contribution in [3.05, 3.63) is 65.4 Å². The molecule has 0 aliphatic heterocycles. The number of aryl methyl sites for hydroxylation is 1. The molecule has 1 heterocycles. The molecule has 7 heteroatoms. The first-order valence-electron chi connectivity index (χ1n) is 8.40. The Hall–Kier alpha value is -2.77. The Morgan fingerprint density at radius 1 is 1.07 bits per heavy atom. The van der Waals surface area contributed by atoms with Crippen LogP contribution in [0.15, 0.2) is 53.6 Å². The number of sulfonamides is 1. The van der Waals surface area contributed by atoms with Crippen LogP contribution in [0.1, 0.15) is 21.5 Å². The smallest absolute Gasteiger partial charge is 0.255 e. The van der Waals surface area contributed by atoms with Crippen LogP contribution in [0.2, 0.25) is 0 Å². The molecule has 3 aromatic rings. The third kappa shape index (κ3) is 3.56. The highest BCUT2D eigenvalue weighted by molar-refractivity contribution is 7.89. The molecule has 0 saturated carbocycles. The van der Waals surface area contributed by atoms with Crippen molar-refractivity contribution in [3.8, 4) is 0 Å². The average Bonchev–Trinajstić information content (AvgIpc) is 2.63. The molecule has 1 aromatic heterocycles. The Labute approximate surface area is 158 Å². The first-order valence-corrected chi connectivity index (χ1v) is 9.84. The van der Waals surface area contributed by atoms with Crippen LogP contribution in [-0.4, -0.2) is 37.7 Å². The number of anilines is 1. The van der Waals surface area contributed by atoms with Crippen molar-refractivity contribution >= 4 is 32.5 Å². The fraction of sp³-hybridized carbons (Fsp3) is 0.200. The van der Waals surface area contributed by atoms with Gasteiger partial charge in [0.1, 0.15) is 0 Å². The molecule has 0 unspecified atom stereocenters. The van der Waals surface area contributed by atoms with Crippen LogP contribution in [0.5, 0.6) is 0 Å². The molecule has 2 aromatic carbocycles. The predicted octanol–water partition coefficient (Wildman–Crippen LogP) is 3.35. The minimum atomic E-state index is -3.65. The Morgan fingerprint density at radius 2 is 1.78 bits per heavy atom.